The van der Waals surface area contributed by atoms with Crippen LogP contribution in [-0.2, 0) is 0 Å². The highest BCUT2D eigenvalue weighted by atomic mass is 19.1. The Kier molecular flexibility index (Phi) is 23.8. The van der Waals surface area contributed by atoms with Crippen molar-refractivity contribution in [3.8, 4) is 0 Å². The Morgan fingerprint density at radius 1 is 0.727 bits per heavy atom. The Morgan fingerprint density at radius 2 is 1.09 bits per heavy atom. The molecule has 0 aliphatic rings. The largest absolute Gasteiger partial charge is 0.269 e. The van der Waals surface area contributed by atoms with Gasteiger partial charge in [-0.15, -0.1) is 0 Å². The lowest BCUT2D eigenvalue weighted by atomic mass is 10.4. The molecule has 0 saturated carbocycles. The van der Waals surface area contributed by atoms with Crippen LogP contribution in [0.25, 0.3) is 0 Å². The van der Waals surface area contributed by atoms with E-state index in [0.29, 0.717) is 0 Å². The Morgan fingerprint density at radius 3 is 1.27 bits per heavy atom. The summed E-state index contributed by atoms with van der Waals surface area (Å²) in [5, 5.41) is 0. The second kappa shape index (κ2) is 11.6. The van der Waals surface area contributed by atoms with E-state index in [-0.39, 0.29) is 24.6 Å². The maximum absolute atomic E-state index is 11.9. The quantitative estimate of drug-likeness (QED) is 0.532. The maximum atomic E-state index is 11.9. The summed E-state index contributed by atoms with van der Waals surface area (Å²) in [6, 6.07) is 7.94. The molecule has 0 aliphatic carbocycles. The molecule has 0 atom stereocenters. The molecule has 0 spiro atoms. The summed E-state index contributed by atoms with van der Waals surface area (Å²) in [5.74, 6) is -0.178. The average molecular weight is 176 g/mol. The van der Waals surface area contributed by atoms with Crippen LogP contribution in [0.1, 0.15) is 0 Å². The van der Waals surface area contributed by atoms with E-state index in [0.717, 1.165) is 0 Å². The fourth-order valence-corrected chi connectivity index (χ4v) is 0.415. The highest BCUT2D eigenvalue weighted by Gasteiger charge is 1.77. The summed E-state index contributed by atoms with van der Waals surface area (Å²) < 4.78 is 11.9. The predicted molar refractivity (Wildman–Crippen MR) is 36.4 cm³/mol. The first-order valence-electron chi connectivity index (χ1n) is 2.10. The van der Waals surface area contributed by atoms with Crippen molar-refractivity contribution in [2.45, 2.75) is 0 Å². The monoisotopic (exact) mass is 176 g/mol. The first kappa shape index (κ1) is 22.5. The molecule has 0 heterocycles. The minimum Gasteiger partial charge on any atom is -0.269 e. The number of benzene rings is 1. The third-order valence-corrected chi connectivity index (χ3v) is 0.733. The summed E-state index contributed by atoms with van der Waals surface area (Å²) in [4.78, 5) is 0. The topological polar surface area (TPSA) is 0 Å². The molecule has 1 aromatic carbocycles. The van der Waals surface area contributed by atoms with Crippen LogP contribution in [0.4, 0.5) is 23.2 Å². The van der Waals surface area contributed by atoms with E-state index < -0.39 is 0 Å². The van der Waals surface area contributed by atoms with Crippen molar-refractivity contribution < 1.29 is 23.2 Å². The van der Waals surface area contributed by atoms with Crippen molar-refractivity contribution in [2.75, 3.05) is 0 Å². The van der Waals surface area contributed by atoms with Gasteiger partial charge in [-0.25, -0.2) is 4.39 Å². The summed E-state index contributed by atoms with van der Waals surface area (Å²) in [5.41, 5.74) is 0. The van der Waals surface area contributed by atoms with Crippen LogP contribution in [0.3, 0.4) is 0 Å². The fourth-order valence-electron chi connectivity index (χ4n) is 0.415. The van der Waals surface area contributed by atoms with Gasteiger partial charge in [0.1, 0.15) is 5.82 Å². The van der Waals surface area contributed by atoms with E-state index >= 15 is 0 Å². The van der Waals surface area contributed by atoms with Gasteiger partial charge in [-0.2, -0.15) is 0 Å². The summed E-state index contributed by atoms with van der Waals surface area (Å²) in [6.45, 7) is 0. The van der Waals surface area contributed by atoms with E-state index in [4.69, 9.17) is 0 Å². The molecule has 1 aromatic rings. The molecule has 1 rings (SSSR count). The second-order valence-electron chi connectivity index (χ2n) is 1.30. The van der Waals surface area contributed by atoms with Gasteiger partial charge in [-0.05, 0) is 12.1 Å². The van der Waals surface area contributed by atoms with Crippen molar-refractivity contribution in [3.05, 3.63) is 36.1 Å². The number of hydrogen-bond acceptors (Lipinski definition) is 0. The lowest BCUT2D eigenvalue weighted by Crippen LogP contribution is -1.63. The van der Waals surface area contributed by atoms with Gasteiger partial charge in [0.05, 0.1) is 0 Å². The zero-order valence-electron chi connectivity index (χ0n) is 5.40. The Balaban J connectivity index is -0.0000000612. The number of halogens is 5. The zero-order chi connectivity index (χ0) is 5.11. The lowest BCUT2D eigenvalue weighted by Gasteiger charge is -1.78. The molecule has 11 heavy (non-hydrogen) atoms. The predicted octanol–water partition coefficient (Wildman–Crippen LogP) is 2.44. The van der Waals surface area contributed by atoms with Crippen molar-refractivity contribution in [2.24, 2.45) is 0 Å². The molecule has 68 valence electrons. The first-order chi connectivity index (χ1) is 3.39. The zero-order valence-corrected chi connectivity index (χ0v) is 5.40. The third kappa shape index (κ3) is 8.87. The molecule has 0 radical (unpaired) electrons. The molecule has 0 amide bonds. The summed E-state index contributed by atoms with van der Waals surface area (Å²) in [7, 11) is 0. The lowest BCUT2D eigenvalue weighted by molar-refractivity contribution is 0.628. The molecule has 5 heteroatoms. The minimum absolute atomic E-state index is 0. The van der Waals surface area contributed by atoms with Crippen LogP contribution >= 0.6 is 0 Å². The Hall–Kier alpha value is -1.13. The van der Waals surface area contributed by atoms with E-state index in [2.05, 4.69) is 0 Å². The molecule has 0 saturated heterocycles. The molecular weight excluding hydrogens is 167 g/mol. The Bertz CT molecular complexity index is 141. The standard InChI is InChI=1S/C6H5F.4FH/c7-6-4-2-1-3-5-6;;;;/h1-5H;4*1H. The normalized spacial score (nSPS) is 5.55. The van der Waals surface area contributed by atoms with Crippen LogP contribution in [0.2, 0.25) is 0 Å². The summed E-state index contributed by atoms with van der Waals surface area (Å²) in [6.07, 6.45) is 0. The first-order valence-corrected chi connectivity index (χ1v) is 2.10. The van der Waals surface area contributed by atoms with Gasteiger partial charge >= 0.3 is 0 Å². The van der Waals surface area contributed by atoms with E-state index in [1.54, 1.807) is 18.2 Å². The molecule has 0 unspecified atom stereocenters. The smallest absolute Gasteiger partial charge is 0.123 e. The second-order valence-corrected chi connectivity index (χ2v) is 1.30. The highest BCUT2D eigenvalue weighted by molar-refractivity contribution is 5.02. The molecule has 0 nitrogen and oxygen atoms in total. The van der Waals surface area contributed by atoms with Gasteiger partial charge in [0.2, 0.25) is 0 Å². The van der Waals surface area contributed by atoms with Crippen LogP contribution in [0, 0.1) is 5.82 Å². The van der Waals surface area contributed by atoms with Crippen molar-refractivity contribution in [3.63, 3.8) is 0 Å². The SMILES string of the molecule is F.F.F.F.Fc1ccccc1. The van der Waals surface area contributed by atoms with Gasteiger partial charge in [-0.1, -0.05) is 18.2 Å². The highest BCUT2D eigenvalue weighted by Crippen LogP contribution is 1.91. The van der Waals surface area contributed by atoms with Crippen molar-refractivity contribution >= 4 is 0 Å². The van der Waals surface area contributed by atoms with Crippen molar-refractivity contribution in [1.82, 2.24) is 0 Å². The summed E-state index contributed by atoms with van der Waals surface area (Å²) >= 11 is 0. The molecule has 0 aliphatic heterocycles. The number of rotatable bonds is 0. The fraction of sp³-hybridized carbons (Fsp3) is 0. The van der Waals surface area contributed by atoms with Gasteiger partial charge in [0.25, 0.3) is 0 Å². The van der Waals surface area contributed by atoms with Crippen LogP contribution in [0.15, 0.2) is 30.3 Å². The van der Waals surface area contributed by atoms with Gasteiger partial charge in [0, 0.05) is 0 Å². The van der Waals surface area contributed by atoms with Crippen LogP contribution < -0.4 is 0 Å². The van der Waals surface area contributed by atoms with Crippen LogP contribution in [0.5, 0.6) is 0 Å². The minimum atomic E-state index is -0.178. The molecule has 0 fully saturated rings. The molecule has 0 N–H and O–H groups in total. The van der Waals surface area contributed by atoms with Gasteiger partial charge in [-0.3, -0.25) is 18.8 Å². The van der Waals surface area contributed by atoms with Crippen LogP contribution in [-0.4, -0.2) is 0 Å². The van der Waals surface area contributed by atoms with E-state index in [1.165, 1.54) is 12.1 Å². The maximum Gasteiger partial charge on any atom is 0.123 e. The molecule has 0 aromatic heterocycles. The van der Waals surface area contributed by atoms with E-state index in [1.807, 2.05) is 0 Å². The average Bonchev–Trinajstić information content (AvgIpc) is 1.69. The molecule has 0 bridgehead atoms. The number of hydrogen-bond donors (Lipinski definition) is 0. The van der Waals surface area contributed by atoms with Gasteiger partial charge < -0.3 is 0 Å². The third-order valence-electron chi connectivity index (χ3n) is 0.733. The Labute approximate surface area is 60.5 Å². The van der Waals surface area contributed by atoms with Gasteiger partial charge in [0.15, 0.2) is 0 Å². The van der Waals surface area contributed by atoms with E-state index in [9.17, 15) is 4.39 Å². The van der Waals surface area contributed by atoms with Crippen molar-refractivity contribution in [1.29, 1.82) is 0 Å². The molecular formula is C6H9F5.